The van der Waals surface area contributed by atoms with Crippen LogP contribution in [0.25, 0.3) is 0 Å². The van der Waals surface area contributed by atoms with Crippen LogP contribution >= 0.6 is 0 Å². The van der Waals surface area contributed by atoms with Crippen molar-refractivity contribution in [1.29, 1.82) is 0 Å². The van der Waals surface area contributed by atoms with Crippen LogP contribution in [0.4, 0.5) is 5.69 Å². The quantitative estimate of drug-likeness (QED) is 0.617. The highest BCUT2D eigenvalue weighted by molar-refractivity contribution is 7.91. The first kappa shape index (κ1) is 20.7. The smallest absolute Gasteiger partial charge is 0.239 e. The van der Waals surface area contributed by atoms with Gasteiger partial charge in [-0.05, 0) is 62.2 Å². The van der Waals surface area contributed by atoms with Crippen LogP contribution in [-0.2, 0) is 21.2 Å². The van der Waals surface area contributed by atoms with Crippen molar-refractivity contribution in [1.82, 2.24) is 5.32 Å². The fourth-order valence-electron chi connectivity index (χ4n) is 3.10. The Balaban J connectivity index is 1.78. The number of carbonyl (C=O) groups is 1. The number of hydrogen-bond donors (Lipinski definition) is 2. The first-order chi connectivity index (χ1) is 13.8. The summed E-state index contributed by atoms with van der Waals surface area (Å²) in [6.07, 6.45) is 1.55. The summed E-state index contributed by atoms with van der Waals surface area (Å²) in [6.45, 7) is 5.75. The fourth-order valence-corrected chi connectivity index (χ4v) is 4.84. The van der Waals surface area contributed by atoms with E-state index in [0.29, 0.717) is 29.1 Å². The summed E-state index contributed by atoms with van der Waals surface area (Å²) < 4.78 is 31.6. The summed E-state index contributed by atoms with van der Waals surface area (Å²) in [7, 11) is -3.67. The topological polar surface area (TPSA) is 88.4 Å². The van der Waals surface area contributed by atoms with Crippen molar-refractivity contribution in [3.63, 3.8) is 0 Å². The molecule has 7 heteroatoms. The van der Waals surface area contributed by atoms with E-state index in [1.165, 1.54) is 0 Å². The molecule has 2 aromatic carbocycles. The molecule has 0 radical (unpaired) electrons. The summed E-state index contributed by atoms with van der Waals surface area (Å²) in [6, 6.07) is 13.9. The van der Waals surface area contributed by atoms with E-state index in [0.717, 1.165) is 5.56 Å². The Morgan fingerprint density at radius 2 is 1.72 bits per heavy atom. The maximum absolute atomic E-state index is 13.2. The average Bonchev–Trinajstić information content (AvgIpc) is 3.19. The van der Waals surface area contributed by atoms with E-state index in [1.54, 1.807) is 68.6 Å². The van der Waals surface area contributed by atoms with Crippen LogP contribution in [0.5, 0.6) is 0 Å². The molecule has 0 saturated carbocycles. The molecule has 0 spiro atoms. The van der Waals surface area contributed by atoms with Gasteiger partial charge in [-0.25, -0.2) is 8.42 Å². The molecule has 0 fully saturated rings. The van der Waals surface area contributed by atoms with Gasteiger partial charge in [-0.15, -0.1) is 0 Å². The van der Waals surface area contributed by atoms with Gasteiger partial charge in [0.2, 0.25) is 15.7 Å². The molecule has 1 heterocycles. The molecule has 3 aromatic rings. The largest absolute Gasteiger partial charge is 0.467 e. The van der Waals surface area contributed by atoms with E-state index < -0.39 is 9.84 Å². The number of sulfone groups is 1. The van der Waals surface area contributed by atoms with Crippen LogP contribution in [0.3, 0.4) is 0 Å². The maximum Gasteiger partial charge on any atom is 0.239 e. The van der Waals surface area contributed by atoms with Crippen LogP contribution in [0.1, 0.15) is 22.5 Å². The Kier molecular flexibility index (Phi) is 6.08. The lowest BCUT2D eigenvalue weighted by Gasteiger charge is -2.16. The van der Waals surface area contributed by atoms with Crippen molar-refractivity contribution in [3.05, 3.63) is 77.2 Å². The molecule has 1 amide bonds. The normalized spacial score (nSPS) is 11.3. The highest BCUT2D eigenvalue weighted by Gasteiger charge is 2.23. The summed E-state index contributed by atoms with van der Waals surface area (Å²) in [4.78, 5) is 12.6. The molecule has 0 aliphatic heterocycles. The lowest BCUT2D eigenvalue weighted by molar-refractivity contribution is -0.119. The van der Waals surface area contributed by atoms with Crippen LogP contribution in [0.15, 0.2) is 69.0 Å². The molecule has 3 rings (SSSR count). The first-order valence-electron chi connectivity index (χ1n) is 9.24. The van der Waals surface area contributed by atoms with Crippen LogP contribution in [0.2, 0.25) is 0 Å². The Hall–Kier alpha value is -3.06. The van der Waals surface area contributed by atoms with Gasteiger partial charge in [0.25, 0.3) is 0 Å². The van der Waals surface area contributed by atoms with E-state index in [-0.39, 0.29) is 22.2 Å². The van der Waals surface area contributed by atoms with Crippen LogP contribution < -0.4 is 10.6 Å². The van der Waals surface area contributed by atoms with Gasteiger partial charge in [0.05, 0.1) is 29.1 Å². The number of rotatable bonds is 7. The number of hydrogen-bond acceptors (Lipinski definition) is 5. The van der Waals surface area contributed by atoms with Gasteiger partial charge in [0.1, 0.15) is 5.76 Å². The standard InChI is InChI=1S/C22H24N2O4S/c1-15-6-9-19(10-7-15)29(26,27)22-16(2)8-11-20(17(22)3)23-14-21(25)24-13-18-5-4-12-28-18/h4-12,23H,13-14H2,1-3H3,(H,24,25). The molecule has 1 aromatic heterocycles. The van der Waals surface area contributed by atoms with E-state index in [4.69, 9.17) is 4.42 Å². The first-order valence-corrected chi connectivity index (χ1v) is 10.7. The van der Waals surface area contributed by atoms with E-state index in [9.17, 15) is 13.2 Å². The molecule has 6 nitrogen and oxygen atoms in total. The predicted molar refractivity (Wildman–Crippen MR) is 112 cm³/mol. The Bertz CT molecular complexity index is 1100. The zero-order valence-corrected chi connectivity index (χ0v) is 17.5. The van der Waals surface area contributed by atoms with Crippen molar-refractivity contribution in [2.75, 3.05) is 11.9 Å². The monoisotopic (exact) mass is 412 g/mol. The number of benzene rings is 2. The summed E-state index contributed by atoms with van der Waals surface area (Å²) in [5, 5.41) is 5.78. The second-order valence-corrected chi connectivity index (χ2v) is 8.80. The van der Waals surface area contributed by atoms with Gasteiger partial charge in [-0.2, -0.15) is 0 Å². The van der Waals surface area contributed by atoms with E-state index in [1.807, 2.05) is 6.92 Å². The zero-order valence-electron chi connectivity index (χ0n) is 16.7. The van der Waals surface area contributed by atoms with Gasteiger partial charge in [-0.1, -0.05) is 23.8 Å². The van der Waals surface area contributed by atoms with E-state index >= 15 is 0 Å². The van der Waals surface area contributed by atoms with E-state index in [2.05, 4.69) is 10.6 Å². The molecular formula is C22H24N2O4S. The molecule has 0 aliphatic carbocycles. The summed E-state index contributed by atoms with van der Waals surface area (Å²) in [5.41, 5.74) is 2.85. The maximum atomic E-state index is 13.2. The molecule has 29 heavy (non-hydrogen) atoms. The number of aryl methyl sites for hydroxylation is 2. The van der Waals surface area contributed by atoms with Crippen molar-refractivity contribution < 1.29 is 17.6 Å². The minimum atomic E-state index is -3.67. The second-order valence-electron chi connectivity index (χ2n) is 6.91. The third kappa shape index (κ3) is 4.68. The van der Waals surface area contributed by atoms with Crippen molar-refractivity contribution in [3.8, 4) is 0 Å². The number of furan rings is 1. The van der Waals surface area contributed by atoms with Gasteiger partial charge < -0.3 is 15.1 Å². The Morgan fingerprint density at radius 3 is 2.38 bits per heavy atom. The van der Waals surface area contributed by atoms with Gasteiger partial charge in [0, 0.05) is 5.69 Å². The second kappa shape index (κ2) is 8.53. The molecule has 2 N–H and O–H groups in total. The third-order valence-corrected chi connectivity index (χ3v) is 6.74. The number of carbonyl (C=O) groups excluding carboxylic acids is 1. The molecule has 0 atom stereocenters. The van der Waals surface area contributed by atoms with Crippen molar-refractivity contribution in [2.45, 2.75) is 37.1 Å². The van der Waals surface area contributed by atoms with Gasteiger partial charge in [-0.3, -0.25) is 4.79 Å². The molecule has 0 bridgehead atoms. The zero-order chi connectivity index (χ0) is 21.0. The lowest BCUT2D eigenvalue weighted by Crippen LogP contribution is -2.29. The minimum absolute atomic E-state index is 0.0224. The highest BCUT2D eigenvalue weighted by Crippen LogP contribution is 2.31. The van der Waals surface area contributed by atoms with Gasteiger partial charge >= 0.3 is 0 Å². The lowest BCUT2D eigenvalue weighted by atomic mass is 10.1. The minimum Gasteiger partial charge on any atom is -0.467 e. The van der Waals surface area contributed by atoms with Crippen LogP contribution in [0, 0.1) is 20.8 Å². The molecule has 152 valence electrons. The number of amides is 1. The SMILES string of the molecule is Cc1ccc(S(=O)(=O)c2c(C)ccc(NCC(=O)NCc3ccco3)c2C)cc1. The van der Waals surface area contributed by atoms with Crippen molar-refractivity contribution >= 4 is 21.4 Å². The van der Waals surface area contributed by atoms with Crippen molar-refractivity contribution in [2.24, 2.45) is 0 Å². The van der Waals surface area contributed by atoms with Gasteiger partial charge in [0.15, 0.2) is 0 Å². The van der Waals surface area contributed by atoms with Crippen LogP contribution in [-0.4, -0.2) is 20.9 Å². The molecule has 0 aliphatic rings. The molecule has 0 unspecified atom stereocenters. The number of nitrogens with one attached hydrogen (secondary N) is 2. The summed E-state index contributed by atoms with van der Waals surface area (Å²) in [5.74, 6) is 0.445. The average molecular weight is 413 g/mol. The molecular weight excluding hydrogens is 388 g/mol. The third-order valence-electron chi connectivity index (χ3n) is 4.68. The number of anilines is 1. The molecule has 0 saturated heterocycles. The summed E-state index contributed by atoms with van der Waals surface area (Å²) >= 11 is 0. The Morgan fingerprint density at radius 1 is 1.00 bits per heavy atom. The fraction of sp³-hybridized carbons (Fsp3) is 0.227. The predicted octanol–water partition coefficient (Wildman–Crippen LogP) is 3.77. The Labute approximate surface area is 170 Å². The highest BCUT2D eigenvalue weighted by atomic mass is 32.2.